The van der Waals surface area contributed by atoms with Crippen molar-refractivity contribution in [2.24, 2.45) is 0 Å². The highest BCUT2D eigenvalue weighted by atomic mass is 79.9. The lowest BCUT2D eigenvalue weighted by Crippen LogP contribution is -2.05. The fourth-order valence-electron chi connectivity index (χ4n) is 1.38. The van der Waals surface area contributed by atoms with Gasteiger partial charge in [-0.3, -0.25) is 0 Å². The van der Waals surface area contributed by atoms with Gasteiger partial charge in [0.05, 0.1) is 4.83 Å². The molecule has 0 aromatic heterocycles. The molecule has 0 aliphatic heterocycles. The molecule has 0 aromatic rings. The molecular weight excluding hydrogens is 292 g/mol. The van der Waals surface area contributed by atoms with Crippen LogP contribution in [0.15, 0.2) is 58.2 Å². The zero-order chi connectivity index (χ0) is 9.26. The van der Waals surface area contributed by atoms with Gasteiger partial charge in [-0.25, -0.2) is 0 Å². The largest absolute Gasteiger partial charge is 0.0793 e. The summed E-state index contributed by atoms with van der Waals surface area (Å²) in [5.41, 5.74) is 2.56. The van der Waals surface area contributed by atoms with Gasteiger partial charge >= 0.3 is 0 Å². The Kier molecular flexibility index (Phi) is 2.70. The van der Waals surface area contributed by atoms with Gasteiger partial charge in [0.15, 0.2) is 0 Å². The molecule has 0 aromatic carbocycles. The van der Waals surface area contributed by atoms with Crippen molar-refractivity contribution in [3.63, 3.8) is 0 Å². The van der Waals surface area contributed by atoms with Gasteiger partial charge in [0.1, 0.15) is 0 Å². The van der Waals surface area contributed by atoms with Crippen molar-refractivity contribution < 1.29 is 0 Å². The molecule has 2 aliphatic rings. The predicted octanol–water partition coefficient (Wildman–Crippen LogP) is 4.02. The quantitative estimate of drug-likeness (QED) is 0.593. The second-order valence-corrected chi connectivity index (χ2v) is 4.73. The topological polar surface area (TPSA) is 0 Å². The van der Waals surface area contributed by atoms with Crippen LogP contribution in [0.25, 0.3) is 0 Å². The third kappa shape index (κ3) is 1.79. The van der Waals surface area contributed by atoms with E-state index < -0.39 is 0 Å². The van der Waals surface area contributed by atoms with E-state index in [4.69, 9.17) is 0 Å². The fourth-order valence-corrected chi connectivity index (χ4v) is 2.45. The first-order valence-corrected chi connectivity index (χ1v) is 5.77. The molecule has 0 spiro atoms. The van der Waals surface area contributed by atoms with E-state index >= 15 is 0 Å². The third-order valence-corrected chi connectivity index (χ3v) is 3.53. The van der Waals surface area contributed by atoms with Crippen molar-refractivity contribution in [1.82, 2.24) is 0 Å². The van der Waals surface area contributed by atoms with Crippen LogP contribution in [0, 0.1) is 0 Å². The van der Waals surface area contributed by atoms with Crippen molar-refractivity contribution in [2.45, 2.75) is 4.83 Å². The van der Waals surface area contributed by atoms with Crippen molar-refractivity contribution >= 4 is 31.9 Å². The third-order valence-electron chi connectivity index (χ3n) is 2.04. The van der Waals surface area contributed by atoms with Gasteiger partial charge in [0, 0.05) is 4.48 Å². The van der Waals surface area contributed by atoms with E-state index in [1.807, 2.05) is 6.08 Å². The maximum atomic E-state index is 3.61. The highest BCUT2D eigenvalue weighted by Crippen LogP contribution is 2.33. The molecule has 13 heavy (non-hydrogen) atoms. The summed E-state index contributed by atoms with van der Waals surface area (Å²) >= 11 is 7.16. The van der Waals surface area contributed by atoms with Crippen molar-refractivity contribution in [2.75, 3.05) is 0 Å². The Morgan fingerprint density at radius 1 is 1.08 bits per heavy atom. The maximum absolute atomic E-state index is 3.61. The fraction of sp³-hybridized carbons (Fsp3) is 0.0909. The molecule has 66 valence electrons. The Labute approximate surface area is 94.7 Å². The molecule has 0 saturated heterocycles. The molecular formula is C11H8Br2. The molecule has 0 amide bonds. The Bertz CT molecular complexity index is 368. The van der Waals surface area contributed by atoms with Crippen LogP contribution >= 0.6 is 31.9 Å². The average Bonchev–Trinajstić information content (AvgIpc) is 2.37. The summed E-state index contributed by atoms with van der Waals surface area (Å²) in [5.74, 6) is 0. The van der Waals surface area contributed by atoms with E-state index in [0.29, 0.717) is 4.83 Å². The maximum Gasteiger partial charge on any atom is 0.0585 e. The number of allylic oxidation sites excluding steroid dienone is 10. The summed E-state index contributed by atoms with van der Waals surface area (Å²) in [6, 6.07) is 0. The van der Waals surface area contributed by atoms with Crippen LogP contribution in [0.5, 0.6) is 0 Å². The summed E-state index contributed by atoms with van der Waals surface area (Å²) < 4.78 is 1.15. The van der Waals surface area contributed by atoms with E-state index in [2.05, 4.69) is 68.3 Å². The highest BCUT2D eigenvalue weighted by molar-refractivity contribution is 9.12. The molecule has 0 N–H and O–H groups in total. The zero-order valence-electron chi connectivity index (χ0n) is 6.87. The summed E-state index contributed by atoms with van der Waals surface area (Å²) in [6.07, 6.45) is 14.6. The van der Waals surface area contributed by atoms with Gasteiger partial charge in [0.2, 0.25) is 0 Å². The average molecular weight is 300 g/mol. The number of rotatable bonds is 0. The molecule has 0 heterocycles. The first-order valence-electron chi connectivity index (χ1n) is 4.06. The van der Waals surface area contributed by atoms with Crippen LogP contribution < -0.4 is 0 Å². The number of hydrogen-bond donors (Lipinski definition) is 0. The lowest BCUT2D eigenvalue weighted by Gasteiger charge is -2.17. The van der Waals surface area contributed by atoms with Crippen LogP contribution in [-0.2, 0) is 0 Å². The smallest absolute Gasteiger partial charge is 0.0585 e. The van der Waals surface area contributed by atoms with Crippen LogP contribution in [0.2, 0.25) is 0 Å². The molecule has 0 saturated carbocycles. The Hall–Kier alpha value is -0.340. The molecule has 1 unspecified atom stereocenters. The monoisotopic (exact) mass is 298 g/mol. The van der Waals surface area contributed by atoms with Crippen molar-refractivity contribution in [3.05, 3.63) is 58.2 Å². The SMILES string of the molecule is BrC1=C2C=CC=CC=C2C(Br)C=C1. The van der Waals surface area contributed by atoms with Crippen LogP contribution in [-0.4, -0.2) is 4.83 Å². The van der Waals surface area contributed by atoms with Crippen LogP contribution in [0.1, 0.15) is 0 Å². The van der Waals surface area contributed by atoms with Gasteiger partial charge < -0.3 is 0 Å². The van der Waals surface area contributed by atoms with Crippen LogP contribution in [0.4, 0.5) is 0 Å². The summed E-state index contributed by atoms with van der Waals surface area (Å²) in [7, 11) is 0. The predicted molar refractivity (Wildman–Crippen MR) is 64.2 cm³/mol. The first-order chi connectivity index (χ1) is 6.29. The standard InChI is InChI=1S/C11H8Br2/c12-10-6-7-11(13)9-5-3-1-2-4-8(9)10/h1-7,10H. The van der Waals surface area contributed by atoms with E-state index in [1.165, 1.54) is 11.1 Å². The van der Waals surface area contributed by atoms with Crippen molar-refractivity contribution in [1.29, 1.82) is 0 Å². The first kappa shape index (κ1) is 9.22. The summed E-state index contributed by atoms with van der Waals surface area (Å²) in [4.78, 5) is 0.330. The van der Waals surface area contributed by atoms with E-state index in [9.17, 15) is 0 Å². The zero-order valence-corrected chi connectivity index (χ0v) is 10.0. The molecule has 0 fully saturated rings. The minimum Gasteiger partial charge on any atom is -0.0793 e. The van der Waals surface area contributed by atoms with Crippen LogP contribution in [0.3, 0.4) is 0 Å². The van der Waals surface area contributed by atoms with E-state index in [0.717, 1.165) is 4.48 Å². The Morgan fingerprint density at radius 2 is 1.92 bits per heavy atom. The minimum absolute atomic E-state index is 0.330. The lowest BCUT2D eigenvalue weighted by atomic mass is 9.98. The minimum atomic E-state index is 0.330. The molecule has 0 nitrogen and oxygen atoms in total. The van der Waals surface area contributed by atoms with Gasteiger partial charge in [-0.15, -0.1) is 0 Å². The number of hydrogen-bond acceptors (Lipinski definition) is 0. The number of alkyl halides is 1. The van der Waals surface area contributed by atoms with Gasteiger partial charge in [-0.05, 0) is 17.2 Å². The molecule has 2 rings (SSSR count). The number of fused-ring (bicyclic) bond motifs is 1. The Morgan fingerprint density at radius 3 is 2.77 bits per heavy atom. The van der Waals surface area contributed by atoms with Gasteiger partial charge in [0.25, 0.3) is 0 Å². The van der Waals surface area contributed by atoms with Gasteiger partial charge in [-0.2, -0.15) is 0 Å². The molecule has 2 aliphatic carbocycles. The highest BCUT2D eigenvalue weighted by Gasteiger charge is 2.16. The Balaban J connectivity index is 2.55. The summed E-state index contributed by atoms with van der Waals surface area (Å²) in [5, 5.41) is 0. The molecule has 1 atom stereocenters. The van der Waals surface area contributed by atoms with E-state index in [-0.39, 0.29) is 0 Å². The molecule has 0 bridgehead atoms. The van der Waals surface area contributed by atoms with Gasteiger partial charge in [-0.1, -0.05) is 68.3 Å². The lowest BCUT2D eigenvalue weighted by molar-refractivity contribution is 1.25. The number of halogens is 2. The molecule has 2 heteroatoms. The second kappa shape index (κ2) is 3.81. The second-order valence-electron chi connectivity index (χ2n) is 2.89. The molecule has 0 radical (unpaired) electrons. The van der Waals surface area contributed by atoms with E-state index in [1.54, 1.807) is 0 Å². The summed E-state index contributed by atoms with van der Waals surface area (Å²) in [6.45, 7) is 0. The van der Waals surface area contributed by atoms with Crippen molar-refractivity contribution in [3.8, 4) is 0 Å². The normalized spacial score (nSPS) is 25.7.